The van der Waals surface area contributed by atoms with Crippen LogP contribution in [0.5, 0.6) is 0 Å². The second kappa shape index (κ2) is 8.98. The first-order valence-electron chi connectivity index (χ1n) is 12.2. The topological polar surface area (TPSA) is 54.3 Å². The highest BCUT2D eigenvalue weighted by Gasteiger charge is 2.49. The Balaban J connectivity index is 1.46. The molecule has 1 aromatic carbocycles. The lowest BCUT2D eigenvalue weighted by Crippen LogP contribution is -2.67. The number of nitrogens with zero attached hydrogens (tertiary/aromatic N) is 2. The molecule has 2 aliphatic rings. The van der Waals surface area contributed by atoms with E-state index in [1.165, 1.54) is 12.0 Å². The Morgan fingerprint density at radius 1 is 1.18 bits per heavy atom. The average molecular weight is 464 g/mol. The van der Waals surface area contributed by atoms with E-state index >= 15 is 0 Å². The minimum absolute atomic E-state index is 0.0166. The summed E-state index contributed by atoms with van der Waals surface area (Å²) < 4.78 is 3.17. The van der Waals surface area contributed by atoms with Gasteiger partial charge in [-0.1, -0.05) is 49.6 Å². The lowest BCUT2D eigenvalue weighted by Gasteiger charge is -2.47. The molecule has 3 heterocycles. The largest absolute Gasteiger partial charge is 0.351 e. The van der Waals surface area contributed by atoms with Gasteiger partial charge >= 0.3 is 0 Å². The summed E-state index contributed by atoms with van der Waals surface area (Å²) in [5, 5.41) is 5.38. The van der Waals surface area contributed by atoms with Crippen molar-refractivity contribution in [2.75, 3.05) is 0 Å². The quantitative estimate of drug-likeness (QED) is 0.533. The molecule has 6 heteroatoms. The predicted molar refractivity (Wildman–Crippen MR) is 134 cm³/mol. The summed E-state index contributed by atoms with van der Waals surface area (Å²) in [5.41, 5.74) is 2.08. The zero-order valence-electron chi connectivity index (χ0n) is 19.5. The number of hydrogen-bond acceptors (Lipinski definition) is 3. The summed E-state index contributed by atoms with van der Waals surface area (Å²) in [6.45, 7) is 4.54. The van der Waals surface area contributed by atoms with E-state index in [0.717, 1.165) is 48.7 Å². The van der Waals surface area contributed by atoms with Crippen molar-refractivity contribution in [2.45, 2.75) is 83.0 Å². The third-order valence-electron chi connectivity index (χ3n) is 7.52. The molecule has 2 atom stereocenters. The number of rotatable bonds is 6. The molecule has 174 valence electrons. The average Bonchev–Trinajstić information content (AvgIpc) is 3.42. The molecule has 0 radical (unpaired) electrons. The number of carbonyl (C=O) groups excluding carboxylic acids is 2. The van der Waals surface area contributed by atoms with E-state index in [2.05, 4.69) is 40.4 Å². The fourth-order valence-electron chi connectivity index (χ4n) is 5.66. The predicted octanol–water partition coefficient (Wildman–Crippen LogP) is 5.39. The van der Waals surface area contributed by atoms with Gasteiger partial charge in [-0.05, 0) is 62.6 Å². The zero-order chi connectivity index (χ0) is 23.0. The summed E-state index contributed by atoms with van der Waals surface area (Å²) in [4.78, 5) is 29.6. The summed E-state index contributed by atoms with van der Waals surface area (Å²) in [7, 11) is 0. The maximum Gasteiger partial charge on any atom is 0.271 e. The number of thiophene rings is 1. The summed E-state index contributed by atoms with van der Waals surface area (Å²) in [6.07, 6.45) is 7.32. The number of aromatic nitrogens is 1. The first-order chi connectivity index (χ1) is 16.0. The van der Waals surface area contributed by atoms with Crippen LogP contribution < -0.4 is 5.32 Å². The maximum absolute atomic E-state index is 13.9. The molecule has 3 aromatic rings. The molecule has 0 spiro atoms. The Bertz CT molecular complexity index is 1140. The van der Waals surface area contributed by atoms with Crippen LogP contribution in [-0.4, -0.2) is 38.9 Å². The van der Waals surface area contributed by atoms with Crippen LogP contribution in [0.1, 0.15) is 68.4 Å². The Morgan fingerprint density at radius 2 is 1.94 bits per heavy atom. The number of fused-ring (bicyclic) bond motifs is 3. The van der Waals surface area contributed by atoms with E-state index in [0.29, 0.717) is 12.2 Å². The van der Waals surface area contributed by atoms with Crippen LogP contribution >= 0.6 is 11.3 Å². The van der Waals surface area contributed by atoms with Gasteiger partial charge in [0, 0.05) is 12.1 Å². The highest BCUT2D eigenvalue weighted by atomic mass is 32.1. The van der Waals surface area contributed by atoms with Crippen molar-refractivity contribution in [1.29, 1.82) is 0 Å². The normalized spacial score (nSPS) is 22.4. The molecule has 2 amide bonds. The lowest BCUT2D eigenvalue weighted by atomic mass is 9.89. The third kappa shape index (κ3) is 4.10. The molecule has 0 saturated heterocycles. The van der Waals surface area contributed by atoms with Crippen molar-refractivity contribution in [2.24, 2.45) is 0 Å². The molecule has 5 nitrogen and oxygen atoms in total. The van der Waals surface area contributed by atoms with Gasteiger partial charge in [-0.2, -0.15) is 0 Å². The molecule has 2 aromatic heterocycles. The van der Waals surface area contributed by atoms with E-state index < -0.39 is 5.54 Å². The SMILES string of the molecule is C[C@H](CCc1ccccc1)N1C(=O)c2cc3sccc3n2C[C@]1(C)C(=O)NC1CCCCC1. The van der Waals surface area contributed by atoms with Gasteiger partial charge in [-0.15, -0.1) is 11.3 Å². The van der Waals surface area contributed by atoms with E-state index in [1.54, 1.807) is 11.3 Å². The van der Waals surface area contributed by atoms with Crippen LogP contribution in [0, 0.1) is 0 Å². The smallest absolute Gasteiger partial charge is 0.271 e. The highest BCUT2D eigenvalue weighted by molar-refractivity contribution is 7.17. The minimum atomic E-state index is -0.925. The molecule has 1 saturated carbocycles. The number of amides is 2. The van der Waals surface area contributed by atoms with Crippen LogP contribution in [0.25, 0.3) is 10.2 Å². The number of aryl methyl sites for hydroxylation is 1. The lowest BCUT2D eigenvalue weighted by molar-refractivity contribution is -0.135. The number of carbonyl (C=O) groups is 2. The Hall–Kier alpha value is -2.60. The van der Waals surface area contributed by atoms with Crippen LogP contribution in [0.4, 0.5) is 0 Å². The Kier molecular flexibility index (Phi) is 6.04. The standard InChI is InChI=1S/C27H33N3O2S/c1-19(13-14-20-9-5-3-6-10-20)30-25(31)23-17-24-22(15-16-33-24)29(23)18-27(30,2)26(32)28-21-11-7-4-8-12-21/h3,5-6,9-10,15-17,19,21H,4,7-8,11-14,18H2,1-2H3,(H,28,32)/t19-,27-/m1/s1. The van der Waals surface area contributed by atoms with E-state index in [1.807, 2.05) is 36.1 Å². The maximum atomic E-state index is 13.9. The van der Waals surface area contributed by atoms with Gasteiger partial charge in [-0.3, -0.25) is 9.59 Å². The molecule has 33 heavy (non-hydrogen) atoms. The van der Waals surface area contributed by atoms with Gasteiger partial charge < -0.3 is 14.8 Å². The van der Waals surface area contributed by atoms with Crippen molar-refractivity contribution < 1.29 is 9.59 Å². The molecular formula is C27H33N3O2S. The summed E-state index contributed by atoms with van der Waals surface area (Å²) >= 11 is 1.64. The van der Waals surface area contributed by atoms with Gasteiger partial charge in [0.2, 0.25) is 5.91 Å². The Labute approximate surface area is 199 Å². The van der Waals surface area contributed by atoms with Crippen molar-refractivity contribution >= 4 is 33.4 Å². The summed E-state index contributed by atoms with van der Waals surface area (Å²) in [6, 6.07) is 14.6. The van der Waals surface area contributed by atoms with Crippen molar-refractivity contribution in [1.82, 2.24) is 14.8 Å². The molecule has 5 rings (SSSR count). The minimum Gasteiger partial charge on any atom is -0.351 e. The molecule has 1 N–H and O–H groups in total. The second-order valence-corrected chi connectivity index (χ2v) is 10.9. The molecule has 0 bridgehead atoms. The first-order valence-corrected chi connectivity index (χ1v) is 13.1. The fraction of sp³-hybridized carbons (Fsp3) is 0.481. The van der Waals surface area contributed by atoms with Crippen LogP contribution in [0.15, 0.2) is 47.8 Å². The first kappa shape index (κ1) is 22.2. The Morgan fingerprint density at radius 3 is 2.70 bits per heavy atom. The van der Waals surface area contributed by atoms with E-state index in [9.17, 15) is 9.59 Å². The molecule has 0 unspecified atom stereocenters. The second-order valence-electron chi connectivity index (χ2n) is 9.92. The highest BCUT2D eigenvalue weighted by Crippen LogP contribution is 2.36. The number of benzene rings is 1. The molecule has 1 fully saturated rings. The van der Waals surface area contributed by atoms with Gasteiger partial charge in [0.15, 0.2) is 0 Å². The monoisotopic (exact) mass is 463 g/mol. The number of hydrogen-bond donors (Lipinski definition) is 1. The van der Waals surface area contributed by atoms with Crippen LogP contribution in [-0.2, 0) is 17.8 Å². The molecule has 1 aliphatic heterocycles. The molecular weight excluding hydrogens is 430 g/mol. The fourth-order valence-corrected chi connectivity index (χ4v) is 6.48. The van der Waals surface area contributed by atoms with Crippen LogP contribution in [0.2, 0.25) is 0 Å². The van der Waals surface area contributed by atoms with Gasteiger partial charge in [0.05, 0.1) is 16.8 Å². The van der Waals surface area contributed by atoms with Gasteiger partial charge in [-0.25, -0.2) is 0 Å². The van der Waals surface area contributed by atoms with Crippen molar-refractivity contribution in [3.63, 3.8) is 0 Å². The summed E-state index contributed by atoms with van der Waals surface area (Å²) in [5.74, 6) is -0.0523. The van der Waals surface area contributed by atoms with Crippen LogP contribution in [0.3, 0.4) is 0 Å². The van der Waals surface area contributed by atoms with Gasteiger partial charge in [0.25, 0.3) is 5.91 Å². The number of nitrogens with one attached hydrogen (secondary N) is 1. The van der Waals surface area contributed by atoms with E-state index in [4.69, 9.17) is 0 Å². The van der Waals surface area contributed by atoms with Gasteiger partial charge in [0.1, 0.15) is 11.2 Å². The zero-order valence-corrected chi connectivity index (χ0v) is 20.4. The van der Waals surface area contributed by atoms with Crippen molar-refractivity contribution in [3.8, 4) is 0 Å². The van der Waals surface area contributed by atoms with Crippen molar-refractivity contribution in [3.05, 3.63) is 59.1 Å². The van der Waals surface area contributed by atoms with E-state index in [-0.39, 0.29) is 23.9 Å². The molecule has 1 aliphatic carbocycles. The third-order valence-corrected chi connectivity index (χ3v) is 8.38.